The Morgan fingerprint density at radius 2 is 1.93 bits per heavy atom. The molecule has 1 aromatic carbocycles. The first kappa shape index (κ1) is 21.0. The Labute approximate surface area is 165 Å². The second-order valence-corrected chi connectivity index (χ2v) is 9.51. The average molecular weight is 413 g/mol. The van der Waals surface area contributed by atoms with Crippen LogP contribution in [-0.2, 0) is 10.0 Å². The van der Waals surface area contributed by atoms with Crippen molar-refractivity contribution in [1.29, 1.82) is 0 Å². The van der Waals surface area contributed by atoms with Gasteiger partial charge >= 0.3 is 0 Å². The standard InChI is InChI=1S/C18H28N4O5S/c1-15-3-2-6-21(14-15)28(26,27)16-4-5-17(18(13-16)22(24)25)20-9-7-19(8-10-20)11-12-23/h4-5,13,15,23H,2-3,6-12,14H2,1H3. The summed E-state index contributed by atoms with van der Waals surface area (Å²) in [6.45, 7) is 6.17. The molecule has 2 aliphatic heterocycles. The summed E-state index contributed by atoms with van der Waals surface area (Å²) in [5.74, 6) is 0.285. The number of aliphatic hydroxyl groups is 1. The zero-order valence-electron chi connectivity index (χ0n) is 16.2. The van der Waals surface area contributed by atoms with Crippen molar-refractivity contribution in [2.24, 2.45) is 5.92 Å². The van der Waals surface area contributed by atoms with Crippen LogP contribution in [0.3, 0.4) is 0 Å². The predicted molar refractivity (Wildman–Crippen MR) is 106 cm³/mol. The molecule has 1 unspecified atom stereocenters. The van der Waals surface area contributed by atoms with E-state index >= 15 is 0 Å². The number of nitro groups is 1. The van der Waals surface area contributed by atoms with Crippen LogP contribution < -0.4 is 4.90 Å². The van der Waals surface area contributed by atoms with Crippen molar-refractivity contribution in [3.8, 4) is 0 Å². The molecule has 2 fully saturated rings. The van der Waals surface area contributed by atoms with Gasteiger partial charge in [-0.15, -0.1) is 0 Å². The van der Waals surface area contributed by atoms with Crippen LogP contribution in [0.2, 0.25) is 0 Å². The van der Waals surface area contributed by atoms with Gasteiger partial charge in [-0.3, -0.25) is 15.0 Å². The van der Waals surface area contributed by atoms with Gasteiger partial charge in [0.15, 0.2) is 0 Å². The molecule has 10 heteroatoms. The Kier molecular flexibility index (Phi) is 6.54. The smallest absolute Gasteiger partial charge is 0.293 e. The van der Waals surface area contributed by atoms with Gasteiger partial charge in [0.05, 0.1) is 16.4 Å². The van der Waals surface area contributed by atoms with Crippen LogP contribution >= 0.6 is 0 Å². The molecular formula is C18H28N4O5S. The van der Waals surface area contributed by atoms with Crippen molar-refractivity contribution in [3.05, 3.63) is 28.3 Å². The molecule has 1 N–H and O–H groups in total. The summed E-state index contributed by atoms with van der Waals surface area (Å²) in [7, 11) is -3.74. The topological polar surface area (TPSA) is 107 Å². The van der Waals surface area contributed by atoms with E-state index in [1.165, 1.54) is 16.4 Å². The molecular weight excluding hydrogens is 384 g/mol. The van der Waals surface area contributed by atoms with E-state index in [1.807, 2.05) is 11.8 Å². The lowest BCUT2D eigenvalue weighted by molar-refractivity contribution is -0.384. The Hall–Kier alpha value is -1.75. The van der Waals surface area contributed by atoms with Crippen LogP contribution in [0.15, 0.2) is 23.1 Å². The number of hydrogen-bond donors (Lipinski definition) is 1. The first-order chi connectivity index (χ1) is 13.3. The number of aliphatic hydroxyl groups excluding tert-OH is 1. The van der Waals surface area contributed by atoms with Crippen molar-refractivity contribution in [2.45, 2.75) is 24.7 Å². The normalized spacial score (nSPS) is 22.4. The van der Waals surface area contributed by atoms with Gasteiger partial charge in [-0.1, -0.05) is 6.92 Å². The number of piperazine rings is 1. The molecule has 156 valence electrons. The number of anilines is 1. The fourth-order valence-electron chi connectivity index (χ4n) is 3.94. The number of benzene rings is 1. The van der Waals surface area contributed by atoms with Crippen LogP contribution in [0.1, 0.15) is 19.8 Å². The Morgan fingerprint density at radius 3 is 2.54 bits per heavy atom. The highest BCUT2D eigenvalue weighted by Gasteiger charge is 2.31. The van der Waals surface area contributed by atoms with Crippen molar-refractivity contribution in [1.82, 2.24) is 9.21 Å². The van der Waals surface area contributed by atoms with Gasteiger partial charge < -0.3 is 10.0 Å². The van der Waals surface area contributed by atoms with E-state index < -0.39 is 14.9 Å². The molecule has 1 atom stereocenters. The number of rotatable bonds is 6. The molecule has 2 aliphatic rings. The zero-order chi connectivity index (χ0) is 20.3. The summed E-state index contributed by atoms with van der Waals surface area (Å²) >= 11 is 0. The molecule has 28 heavy (non-hydrogen) atoms. The Bertz CT molecular complexity index is 808. The molecule has 0 bridgehead atoms. The second-order valence-electron chi connectivity index (χ2n) is 7.57. The minimum Gasteiger partial charge on any atom is -0.395 e. The van der Waals surface area contributed by atoms with Gasteiger partial charge in [0.25, 0.3) is 5.69 Å². The Balaban J connectivity index is 1.84. The summed E-state index contributed by atoms with van der Waals surface area (Å²) in [5.41, 5.74) is 0.265. The maximum absolute atomic E-state index is 13.0. The van der Waals surface area contributed by atoms with Gasteiger partial charge in [0.1, 0.15) is 5.69 Å². The number of hydrogen-bond acceptors (Lipinski definition) is 7. The van der Waals surface area contributed by atoms with E-state index in [-0.39, 0.29) is 23.1 Å². The third kappa shape index (κ3) is 4.45. The minimum atomic E-state index is -3.74. The number of nitrogens with zero attached hydrogens (tertiary/aromatic N) is 4. The van der Waals surface area contributed by atoms with Gasteiger partial charge in [-0.25, -0.2) is 8.42 Å². The number of β-amino-alcohol motifs (C(OH)–C–C–N with tert-alkyl or cyclic N) is 1. The fourth-order valence-corrected chi connectivity index (χ4v) is 5.56. The lowest BCUT2D eigenvalue weighted by atomic mass is 10.0. The summed E-state index contributed by atoms with van der Waals surface area (Å²) in [5, 5.41) is 20.7. The molecule has 0 aromatic heterocycles. The first-order valence-electron chi connectivity index (χ1n) is 9.69. The highest BCUT2D eigenvalue weighted by Crippen LogP contribution is 2.33. The summed E-state index contributed by atoms with van der Waals surface area (Å²) in [6, 6.07) is 4.24. The molecule has 0 spiro atoms. The summed E-state index contributed by atoms with van der Waals surface area (Å²) < 4.78 is 27.4. The summed E-state index contributed by atoms with van der Waals surface area (Å²) in [6.07, 6.45) is 1.80. The largest absolute Gasteiger partial charge is 0.395 e. The molecule has 0 aliphatic carbocycles. The average Bonchev–Trinajstić information content (AvgIpc) is 2.68. The number of sulfonamides is 1. The van der Waals surface area contributed by atoms with Crippen LogP contribution in [0.5, 0.6) is 0 Å². The third-order valence-electron chi connectivity index (χ3n) is 5.53. The van der Waals surface area contributed by atoms with E-state index in [0.717, 1.165) is 12.8 Å². The quantitative estimate of drug-likeness (QED) is 0.551. The molecule has 2 saturated heterocycles. The van der Waals surface area contributed by atoms with E-state index in [4.69, 9.17) is 5.11 Å². The lowest BCUT2D eigenvalue weighted by Gasteiger charge is -2.35. The zero-order valence-corrected chi connectivity index (χ0v) is 17.0. The second kappa shape index (κ2) is 8.73. The van der Waals surface area contributed by atoms with Crippen molar-refractivity contribution in [3.63, 3.8) is 0 Å². The van der Waals surface area contributed by atoms with Gasteiger partial charge in [-0.2, -0.15) is 4.31 Å². The monoisotopic (exact) mass is 412 g/mol. The van der Waals surface area contributed by atoms with E-state index in [9.17, 15) is 18.5 Å². The molecule has 0 amide bonds. The van der Waals surface area contributed by atoms with Crippen LogP contribution in [-0.4, -0.2) is 80.1 Å². The fraction of sp³-hybridized carbons (Fsp3) is 0.667. The highest BCUT2D eigenvalue weighted by atomic mass is 32.2. The molecule has 2 heterocycles. The molecule has 0 saturated carbocycles. The highest BCUT2D eigenvalue weighted by molar-refractivity contribution is 7.89. The third-order valence-corrected chi connectivity index (χ3v) is 7.39. The van der Waals surface area contributed by atoms with Crippen LogP contribution in [0, 0.1) is 16.0 Å². The van der Waals surface area contributed by atoms with Crippen LogP contribution in [0.4, 0.5) is 11.4 Å². The van der Waals surface area contributed by atoms with Crippen molar-refractivity contribution >= 4 is 21.4 Å². The SMILES string of the molecule is CC1CCCN(S(=O)(=O)c2ccc(N3CCN(CCO)CC3)c([N+](=O)[O-])c2)C1. The number of nitro benzene ring substituents is 1. The van der Waals surface area contributed by atoms with E-state index in [1.54, 1.807) is 6.07 Å². The van der Waals surface area contributed by atoms with Crippen molar-refractivity contribution < 1.29 is 18.4 Å². The van der Waals surface area contributed by atoms with E-state index in [2.05, 4.69) is 4.90 Å². The number of piperidine rings is 1. The lowest BCUT2D eigenvalue weighted by Crippen LogP contribution is -2.47. The summed E-state index contributed by atoms with van der Waals surface area (Å²) in [4.78, 5) is 15.1. The molecule has 9 nitrogen and oxygen atoms in total. The van der Waals surface area contributed by atoms with Crippen LogP contribution in [0.25, 0.3) is 0 Å². The van der Waals surface area contributed by atoms with Crippen molar-refractivity contribution in [2.75, 3.05) is 57.3 Å². The van der Waals surface area contributed by atoms with Gasteiger partial charge in [-0.05, 0) is 30.9 Å². The molecule has 0 radical (unpaired) electrons. The molecule has 1 aromatic rings. The minimum absolute atomic E-state index is 0.0176. The maximum atomic E-state index is 13.0. The predicted octanol–water partition coefficient (Wildman–Crippen LogP) is 1.13. The Morgan fingerprint density at radius 1 is 1.21 bits per heavy atom. The van der Waals surface area contributed by atoms with Gasteiger partial charge in [0, 0.05) is 51.9 Å². The first-order valence-corrected chi connectivity index (χ1v) is 11.1. The maximum Gasteiger partial charge on any atom is 0.293 e. The van der Waals surface area contributed by atoms with E-state index in [0.29, 0.717) is 51.5 Å². The van der Waals surface area contributed by atoms with Gasteiger partial charge in [0.2, 0.25) is 10.0 Å². The molecule has 3 rings (SSSR count).